The number of allylic oxidation sites excluding steroid dienone is 1. The molecule has 0 bridgehead atoms. The van der Waals surface area contributed by atoms with Crippen molar-refractivity contribution in [2.75, 3.05) is 20.7 Å². The average Bonchev–Trinajstić information content (AvgIpc) is 2.96. The number of carbonyl (C=O) groups is 1. The maximum atomic E-state index is 12.8. The van der Waals surface area contributed by atoms with E-state index in [2.05, 4.69) is 6.08 Å². The Morgan fingerprint density at radius 1 is 1.33 bits per heavy atom. The molecule has 21 heavy (non-hydrogen) atoms. The summed E-state index contributed by atoms with van der Waals surface area (Å²) in [5, 5.41) is 0.618. The van der Waals surface area contributed by atoms with E-state index >= 15 is 0 Å². The highest BCUT2D eigenvalue weighted by atomic mass is 35.5. The first-order chi connectivity index (χ1) is 10.1. The van der Waals surface area contributed by atoms with Crippen LogP contribution in [0.25, 0.3) is 0 Å². The molecule has 0 spiro atoms. The zero-order chi connectivity index (χ0) is 15.0. The van der Waals surface area contributed by atoms with Crippen molar-refractivity contribution in [3.05, 3.63) is 39.9 Å². The Balaban J connectivity index is 2.14. The molecule has 1 aliphatic carbocycles. The van der Waals surface area contributed by atoms with Crippen molar-refractivity contribution < 1.29 is 9.53 Å². The molecule has 1 amide bonds. The number of ether oxygens (including phenoxy) is 1. The molecule has 0 saturated carbocycles. The summed E-state index contributed by atoms with van der Waals surface area (Å²) in [6, 6.07) is 3.92. The highest BCUT2D eigenvalue weighted by Crippen LogP contribution is 2.40. The number of hydrogen-bond acceptors (Lipinski definition) is 2. The van der Waals surface area contributed by atoms with E-state index in [-0.39, 0.29) is 11.8 Å². The summed E-state index contributed by atoms with van der Waals surface area (Å²) >= 11 is 6.26. The van der Waals surface area contributed by atoms with E-state index in [4.69, 9.17) is 16.3 Å². The molecule has 0 radical (unpaired) electrons. The summed E-state index contributed by atoms with van der Waals surface area (Å²) in [6.45, 7) is 0.734. The molecule has 1 aromatic rings. The summed E-state index contributed by atoms with van der Waals surface area (Å²) < 4.78 is 5.35. The number of methoxy groups -OCH3 is 1. The van der Waals surface area contributed by atoms with Gasteiger partial charge in [-0.1, -0.05) is 23.3 Å². The molecule has 112 valence electrons. The predicted octanol–water partition coefficient (Wildman–Crippen LogP) is 3.56. The molecule has 1 atom stereocenters. The number of likely N-dealkylation sites (N-methyl/N-ethyl adjacent to an activating group) is 1. The van der Waals surface area contributed by atoms with Gasteiger partial charge in [0.25, 0.3) is 0 Å². The van der Waals surface area contributed by atoms with Gasteiger partial charge < -0.3 is 9.64 Å². The van der Waals surface area contributed by atoms with Crippen molar-refractivity contribution in [1.82, 2.24) is 4.90 Å². The fraction of sp³-hybridized carbons (Fsp3) is 0.471. The smallest absolute Gasteiger partial charge is 0.233 e. The number of nitrogens with zero attached hydrogens (tertiary/aromatic N) is 1. The molecule has 1 aromatic carbocycles. The number of hydrogen-bond donors (Lipinski definition) is 0. The van der Waals surface area contributed by atoms with Crippen molar-refractivity contribution >= 4 is 17.5 Å². The fourth-order valence-corrected chi connectivity index (χ4v) is 3.58. The number of rotatable bonds is 2. The minimum absolute atomic E-state index is 0.166. The Bertz CT molecular complexity index is 609. The van der Waals surface area contributed by atoms with Gasteiger partial charge in [0.05, 0.1) is 18.1 Å². The Hall–Kier alpha value is -1.48. The SMILES string of the molecule is COc1cc2c(cc1Cl)CCN(C)C(=O)[C@H]2C1=CCCC1. The van der Waals surface area contributed by atoms with Gasteiger partial charge in [-0.05, 0) is 48.9 Å². The monoisotopic (exact) mass is 305 g/mol. The number of carbonyl (C=O) groups excluding carboxylic acids is 1. The lowest BCUT2D eigenvalue weighted by molar-refractivity contribution is -0.130. The Labute approximate surface area is 130 Å². The summed E-state index contributed by atoms with van der Waals surface area (Å²) in [5.41, 5.74) is 3.48. The Kier molecular flexibility index (Phi) is 3.94. The zero-order valence-corrected chi connectivity index (χ0v) is 13.2. The topological polar surface area (TPSA) is 29.5 Å². The number of benzene rings is 1. The van der Waals surface area contributed by atoms with E-state index < -0.39 is 0 Å². The highest BCUT2D eigenvalue weighted by molar-refractivity contribution is 6.32. The Morgan fingerprint density at radius 2 is 2.14 bits per heavy atom. The molecule has 0 saturated heterocycles. The number of amides is 1. The van der Waals surface area contributed by atoms with Gasteiger partial charge in [0, 0.05) is 13.6 Å². The van der Waals surface area contributed by atoms with E-state index in [1.165, 1.54) is 5.57 Å². The van der Waals surface area contributed by atoms with Gasteiger partial charge in [-0.15, -0.1) is 0 Å². The normalized spacial score (nSPS) is 21.9. The van der Waals surface area contributed by atoms with Crippen molar-refractivity contribution in [3.63, 3.8) is 0 Å². The summed E-state index contributed by atoms with van der Waals surface area (Å²) in [4.78, 5) is 14.6. The largest absolute Gasteiger partial charge is 0.495 e. The van der Waals surface area contributed by atoms with E-state index in [1.807, 2.05) is 24.1 Å². The van der Waals surface area contributed by atoms with E-state index in [9.17, 15) is 4.79 Å². The van der Waals surface area contributed by atoms with E-state index in [0.717, 1.165) is 43.4 Å². The van der Waals surface area contributed by atoms with Crippen LogP contribution in [0, 0.1) is 0 Å². The second kappa shape index (κ2) is 5.72. The van der Waals surface area contributed by atoms with Gasteiger partial charge in [-0.2, -0.15) is 0 Å². The van der Waals surface area contributed by atoms with Crippen LogP contribution in [0.15, 0.2) is 23.8 Å². The zero-order valence-electron chi connectivity index (χ0n) is 12.5. The van der Waals surface area contributed by atoms with Crippen LogP contribution < -0.4 is 4.74 Å². The van der Waals surface area contributed by atoms with Crippen LogP contribution in [0.1, 0.15) is 36.3 Å². The summed E-state index contributed by atoms with van der Waals surface area (Å²) in [6.07, 6.45) is 6.29. The van der Waals surface area contributed by atoms with Crippen LogP contribution in [0.5, 0.6) is 5.75 Å². The molecule has 1 aliphatic heterocycles. The van der Waals surface area contributed by atoms with Gasteiger partial charge in [0.2, 0.25) is 5.91 Å². The lowest BCUT2D eigenvalue weighted by Gasteiger charge is -2.22. The van der Waals surface area contributed by atoms with Gasteiger partial charge in [0.1, 0.15) is 5.75 Å². The third-order valence-corrected chi connectivity index (χ3v) is 4.81. The fourth-order valence-electron chi connectivity index (χ4n) is 3.32. The molecule has 2 aliphatic rings. The predicted molar refractivity (Wildman–Crippen MR) is 84.0 cm³/mol. The lowest BCUT2D eigenvalue weighted by atomic mass is 9.86. The molecular weight excluding hydrogens is 286 g/mol. The van der Waals surface area contributed by atoms with Crippen LogP contribution in [0.4, 0.5) is 0 Å². The molecule has 0 N–H and O–H groups in total. The minimum atomic E-state index is -0.166. The van der Waals surface area contributed by atoms with Gasteiger partial charge in [0.15, 0.2) is 0 Å². The molecule has 3 rings (SSSR count). The maximum Gasteiger partial charge on any atom is 0.233 e. The third-order valence-electron chi connectivity index (χ3n) is 4.51. The van der Waals surface area contributed by atoms with Crippen LogP contribution in [-0.4, -0.2) is 31.5 Å². The number of fused-ring (bicyclic) bond motifs is 1. The lowest BCUT2D eigenvalue weighted by Crippen LogP contribution is -2.31. The molecule has 0 fully saturated rings. The average molecular weight is 306 g/mol. The van der Waals surface area contributed by atoms with Gasteiger partial charge >= 0.3 is 0 Å². The van der Waals surface area contributed by atoms with Crippen molar-refractivity contribution in [1.29, 1.82) is 0 Å². The highest BCUT2D eigenvalue weighted by Gasteiger charge is 2.33. The first kappa shape index (κ1) is 14.5. The van der Waals surface area contributed by atoms with Crippen LogP contribution in [0.2, 0.25) is 5.02 Å². The summed E-state index contributed by atoms with van der Waals surface area (Å²) in [7, 11) is 3.50. The second-order valence-corrected chi connectivity index (χ2v) is 6.21. The van der Waals surface area contributed by atoms with Gasteiger partial charge in [-0.3, -0.25) is 4.79 Å². The molecule has 0 unspecified atom stereocenters. The summed E-state index contributed by atoms with van der Waals surface area (Å²) in [5.74, 6) is 0.670. The van der Waals surface area contributed by atoms with Crippen LogP contribution >= 0.6 is 11.6 Å². The molecular formula is C17H20ClNO2. The van der Waals surface area contributed by atoms with Crippen molar-refractivity contribution in [2.24, 2.45) is 0 Å². The minimum Gasteiger partial charge on any atom is -0.495 e. The maximum absolute atomic E-state index is 12.8. The van der Waals surface area contributed by atoms with Crippen LogP contribution in [0.3, 0.4) is 0 Å². The van der Waals surface area contributed by atoms with Gasteiger partial charge in [-0.25, -0.2) is 0 Å². The second-order valence-electron chi connectivity index (χ2n) is 5.80. The van der Waals surface area contributed by atoms with Crippen LogP contribution in [-0.2, 0) is 11.2 Å². The number of halogens is 1. The Morgan fingerprint density at radius 3 is 2.81 bits per heavy atom. The molecule has 4 heteroatoms. The quantitative estimate of drug-likeness (QED) is 0.782. The van der Waals surface area contributed by atoms with E-state index in [0.29, 0.717) is 10.8 Å². The van der Waals surface area contributed by atoms with E-state index in [1.54, 1.807) is 7.11 Å². The first-order valence-electron chi connectivity index (χ1n) is 7.42. The first-order valence-corrected chi connectivity index (χ1v) is 7.80. The third kappa shape index (κ3) is 2.55. The van der Waals surface area contributed by atoms with Crippen molar-refractivity contribution in [2.45, 2.75) is 31.6 Å². The standard InChI is InChI=1S/C17H20ClNO2/c1-19-8-7-12-9-14(18)15(21-2)10-13(12)16(17(19)20)11-5-3-4-6-11/h5,9-10,16H,3-4,6-8H2,1-2H3/t16-/m0/s1. The molecule has 3 nitrogen and oxygen atoms in total. The van der Waals surface area contributed by atoms with Crippen molar-refractivity contribution in [3.8, 4) is 5.75 Å². The molecule has 1 heterocycles. The molecule has 0 aromatic heterocycles.